The molecule has 1 aromatic heterocycles. The first-order chi connectivity index (χ1) is 14.8. The first kappa shape index (κ1) is 22.6. The van der Waals surface area contributed by atoms with E-state index in [1.807, 2.05) is 0 Å². The summed E-state index contributed by atoms with van der Waals surface area (Å²) in [6, 6.07) is 10.8. The number of rotatable bonds is 5. The number of aromatic nitrogens is 1. The van der Waals surface area contributed by atoms with E-state index in [1.54, 1.807) is 11.3 Å². The Kier molecular flexibility index (Phi) is 6.60. The van der Waals surface area contributed by atoms with E-state index in [9.17, 15) is 8.42 Å². The van der Waals surface area contributed by atoms with Crippen LogP contribution in [0.25, 0.3) is 0 Å². The lowest BCUT2D eigenvalue weighted by Crippen LogP contribution is -2.48. The van der Waals surface area contributed by atoms with Gasteiger partial charge < -0.3 is 4.90 Å². The largest absolute Gasteiger partial charge is 0.345 e. The molecule has 2 aromatic carbocycles. The van der Waals surface area contributed by atoms with Gasteiger partial charge >= 0.3 is 0 Å². The second-order valence-corrected chi connectivity index (χ2v) is 11.2. The summed E-state index contributed by atoms with van der Waals surface area (Å²) in [6.45, 7) is 6.24. The number of thiazole rings is 1. The van der Waals surface area contributed by atoms with E-state index in [1.165, 1.54) is 39.2 Å². The van der Waals surface area contributed by atoms with Crippen LogP contribution in [0.3, 0.4) is 0 Å². The zero-order valence-electron chi connectivity index (χ0n) is 17.3. The van der Waals surface area contributed by atoms with Gasteiger partial charge in [0.15, 0.2) is 5.13 Å². The summed E-state index contributed by atoms with van der Waals surface area (Å²) < 4.78 is 27.4. The number of benzene rings is 2. The molecule has 0 saturated carbocycles. The van der Waals surface area contributed by atoms with Crippen molar-refractivity contribution in [3.05, 3.63) is 74.2 Å². The molecule has 1 saturated heterocycles. The van der Waals surface area contributed by atoms with Crippen molar-refractivity contribution < 1.29 is 8.42 Å². The average Bonchev–Trinajstić information content (AvgIpc) is 3.21. The summed E-state index contributed by atoms with van der Waals surface area (Å²) in [6.07, 6.45) is 0.806. The van der Waals surface area contributed by atoms with Crippen LogP contribution in [-0.4, -0.2) is 43.9 Å². The number of piperazine rings is 1. The summed E-state index contributed by atoms with van der Waals surface area (Å²) in [5.41, 5.74) is 4.91. The Labute approximate surface area is 197 Å². The first-order valence-electron chi connectivity index (χ1n) is 9.95. The second-order valence-electron chi connectivity index (χ2n) is 7.64. The van der Waals surface area contributed by atoms with Crippen LogP contribution in [0.4, 0.5) is 5.13 Å². The molecule has 1 fully saturated rings. The second kappa shape index (κ2) is 9.08. The Morgan fingerprint density at radius 3 is 2.32 bits per heavy atom. The van der Waals surface area contributed by atoms with Crippen LogP contribution in [0.15, 0.2) is 46.7 Å². The lowest BCUT2D eigenvalue weighted by Gasteiger charge is -2.33. The van der Waals surface area contributed by atoms with Gasteiger partial charge in [-0.05, 0) is 48.7 Å². The fourth-order valence-corrected chi connectivity index (χ4v) is 6.43. The Balaban J connectivity index is 1.43. The van der Waals surface area contributed by atoms with E-state index < -0.39 is 10.0 Å². The summed E-state index contributed by atoms with van der Waals surface area (Å²) in [4.78, 5) is 7.14. The fourth-order valence-electron chi connectivity index (χ4n) is 3.74. The van der Waals surface area contributed by atoms with Gasteiger partial charge in [-0.1, -0.05) is 41.4 Å². The highest BCUT2D eigenvalue weighted by molar-refractivity contribution is 7.89. The number of halogens is 2. The summed E-state index contributed by atoms with van der Waals surface area (Å²) in [5.74, 6) is 0. The molecule has 164 valence electrons. The lowest BCUT2D eigenvalue weighted by atomic mass is 9.99. The van der Waals surface area contributed by atoms with Crippen LogP contribution >= 0.6 is 34.5 Å². The summed E-state index contributed by atoms with van der Waals surface area (Å²) >= 11 is 13.5. The zero-order chi connectivity index (χ0) is 22.2. The Bertz CT molecular complexity index is 1180. The Morgan fingerprint density at radius 2 is 1.68 bits per heavy atom. The van der Waals surface area contributed by atoms with Crippen molar-refractivity contribution in [1.82, 2.24) is 9.29 Å². The van der Waals surface area contributed by atoms with E-state index in [2.05, 4.69) is 42.3 Å². The molecule has 2 heterocycles. The standard InChI is InChI=1S/C22H23Cl2N3O2S2/c1-15-4-3-5-16(2)19(15)12-17-14-30-22(25-17)26-8-10-27(11-9-26)31(28,29)18-6-7-20(23)21(24)13-18/h3-7,13-14H,8-12H2,1-2H3. The van der Waals surface area contributed by atoms with Crippen molar-refractivity contribution in [2.45, 2.75) is 25.2 Å². The van der Waals surface area contributed by atoms with Gasteiger partial charge in [0.1, 0.15) is 0 Å². The van der Waals surface area contributed by atoms with E-state index >= 15 is 0 Å². The van der Waals surface area contributed by atoms with Gasteiger partial charge in [-0.25, -0.2) is 13.4 Å². The molecule has 0 bridgehead atoms. The van der Waals surface area contributed by atoms with Gasteiger partial charge in [-0.2, -0.15) is 4.31 Å². The molecule has 0 spiro atoms. The molecule has 0 N–H and O–H groups in total. The number of sulfonamides is 1. The molecule has 0 atom stereocenters. The van der Waals surface area contributed by atoms with Gasteiger partial charge in [0.05, 0.1) is 20.6 Å². The smallest absolute Gasteiger partial charge is 0.243 e. The Morgan fingerprint density at radius 1 is 1.00 bits per heavy atom. The van der Waals surface area contributed by atoms with Crippen LogP contribution in [-0.2, 0) is 16.4 Å². The molecule has 0 radical (unpaired) electrons. The minimum absolute atomic E-state index is 0.167. The van der Waals surface area contributed by atoms with Crippen LogP contribution in [0.1, 0.15) is 22.4 Å². The van der Waals surface area contributed by atoms with Crippen LogP contribution in [0.2, 0.25) is 10.0 Å². The minimum atomic E-state index is -3.61. The average molecular weight is 496 g/mol. The topological polar surface area (TPSA) is 53.5 Å². The predicted octanol–water partition coefficient (Wildman–Crippen LogP) is 5.17. The highest BCUT2D eigenvalue weighted by Gasteiger charge is 2.29. The minimum Gasteiger partial charge on any atom is -0.345 e. The third-order valence-electron chi connectivity index (χ3n) is 5.58. The maximum absolute atomic E-state index is 13.0. The fraction of sp³-hybridized carbons (Fsp3) is 0.318. The number of aryl methyl sites for hydroxylation is 2. The third kappa shape index (κ3) is 4.76. The molecule has 1 aliphatic rings. The van der Waals surface area contributed by atoms with Crippen molar-refractivity contribution in [3.8, 4) is 0 Å². The molecule has 5 nitrogen and oxygen atoms in total. The molecular formula is C22H23Cl2N3O2S2. The maximum Gasteiger partial charge on any atom is 0.243 e. The highest BCUT2D eigenvalue weighted by Crippen LogP contribution is 2.29. The van der Waals surface area contributed by atoms with Crippen molar-refractivity contribution in [3.63, 3.8) is 0 Å². The highest BCUT2D eigenvalue weighted by atomic mass is 35.5. The monoisotopic (exact) mass is 495 g/mol. The molecular weight excluding hydrogens is 473 g/mol. The van der Waals surface area contributed by atoms with Crippen molar-refractivity contribution in [1.29, 1.82) is 0 Å². The first-order valence-corrected chi connectivity index (χ1v) is 13.0. The van der Waals surface area contributed by atoms with Gasteiger partial charge in [-0.3, -0.25) is 0 Å². The van der Waals surface area contributed by atoms with Crippen molar-refractivity contribution >= 4 is 49.7 Å². The number of hydrogen-bond acceptors (Lipinski definition) is 5. The zero-order valence-corrected chi connectivity index (χ0v) is 20.5. The van der Waals surface area contributed by atoms with Crippen molar-refractivity contribution in [2.24, 2.45) is 0 Å². The van der Waals surface area contributed by atoms with Gasteiger partial charge in [-0.15, -0.1) is 11.3 Å². The number of nitrogens with zero attached hydrogens (tertiary/aromatic N) is 3. The predicted molar refractivity (Wildman–Crippen MR) is 128 cm³/mol. The van der Waals surface area contributed by atoms with E-state index in [0.29, 0.717) is 31.2 Å². The normalized spacial score (nSPS) is 15.4. The number of anilines is 1. The quantitative estimate of drug-likeness (QED) is 0.489. The molecule has 31 heavy (non-hydrogen) atoms. The molecule has 0 unspecified atom stereocenters. The number of hydrogen-bond donors (Lipinski definition) is 0. The van der Waals surface area contributed by atoms with Gasteiger partial charge in [0.2, 0.25) is 10.0 Å². The van der Waals surface area contributed by atoms with Crippen LogP contribution in [0, 0.1) is 13.8 Å². The van der Waals surface area contributed by atoms with E-state index in [4.69, 9.17) is 28.2 Å². The van der Waals surface area contributed by atoms with Crippen molar-refractivity contribution in [2.75, 3.05) is 31.1 Å². The SMILES string of the molecule is Cc1cccc(C)c1Cc1csc(N2CCN(S(=O)(=O)c3ccc(Cl)c(Cl)c3)CC2)n1. The van der Waals surface area contributed by atoms with E-state index in [0.717, 1.165) is 17.2 Å². The van der Waals surface area contributed by atoms with E-state index in [-0.39, 0.29) is 9.92 Å². The molecule has 4 rings (SSSR count). The van der Waals surface area contributed by atoms with Crippen LogP contribution < -0.4 is 4.90 Å². The lowest BCUT2D eigenvalue weighted by molar-refractivity contribution is 0.384. The third-order valence-corrected chi connectivity index (χ3v) is 9.16. The summed E-state index contributed by atoms with van der Waals surface area (Å²) in [5, 5.41) is 3.61. The molecule has 0 aliphatic carbocycles. The van der Waals surface area contributed by atoms with Gasteiger partial charge in [0.25, 0.3) is 0 Å². The van der Waals surface area contributed by atoms with Crippen LogP contribution in [0.5, 0.6) is 0 Å². The molecule has 3 aromatic rings. The van der Waals surface area contributed by atoms with Gasteiger partial charge in [0, 0.05) is 38.0 Å². The Hall–Kier alpha value is -1.64. The molecule has 0 amide bonds. The summed E-state index contributed by atoms with van der Waals surface area (Å²) in [7, 11) is -3.61. The molecule has 9 heteroatoms. The molecule has 1 aliphatic heterocycles. The maximum atomic E-state index is 13.0.